The molecule has 0 spiro atoms. The summed E-state index contributed by atoms with van der Waals surface area (Å²) in [6, 6.07) is 12.9. The van der Waals surface area contributed by atoms with Crippen molar-refractivity contribution < 1.29 is 14.6 Å². The smallest absolute Gasteiger partial charge is 0.268 e. The number of nitrogens with zero attached hydrogens (tertiary/aromatic N) is 1. The van der Waals surface area contributed by atoms with Crippen molar-refractivity contribution in [3.05, 3.63) is 53.6 Å². The Kier molecular flexibility index (Phi) is 3.29. The van der Waals surface area contributed by atoms with Crippen LogP contribution < -0.4 is 9.64 Å². The highest BCUT2D eigenvalue weighted by Crippen LogP contribution is 2.37. The number of rotatable bonds is 2. The molecular formula is C17H17NO3. The standard InChI is InChI=1S/C17H17NO3/c1-11-3-5-13(6-4-11)10-18-15-8-7-14(19)9-16(15)21-12(2)17(18)20/h3-9,12,19H,10H2,1-2H3. The van der Waals surface area contributed by atoms with Gasteiger partial charge < -0.3 is 14.7 Å². The Labute approximate surface area is 123 Å². The number of fused-ring (bicyclic) bond motifs is 1. The number of aryl methyl sites for hydroxylation is 1. The summed E-state index contributed by atoms with van der Waals surface area (Å²) in [7, 11) is 0. The topological polar surface area (TPSA) is 49.8 Å². The van der Waals surface area contributed by atoms with Gasteiger partial charge in [0.25, 0.3) is 5.91 Å². The first-order valence-corrected chi connectivity index (χ1v) is 6.91. The Balaban J connectivity index is 1.96. The summed E-state index contributed by atoms with van der Waals surface area (Å²) in [6.45, 7) is 4.24. The van der Waals surface area contributed by atoms with Gasteiger partial charge in [-0.2, -0.15) is 0 Å². The van der Waals surface area contributed by atoms with E-state index < -0.39 is 6.10 Å². The van der Waals surface area contributed by atoms with Crippen LogP contribution in [-0.2, 0) is 11.3 Å². The monoisotopic (exact) mass is 283 g/mol. The van der Waals surface area contributed by atoms with Crippen molar-refractivity contribution in [1.29, 1.82) is 0 Å². The molecule has 1 amide bonds. The molecule has 1 unspecified atom stereocenters. The molecule has 0 fully saturated rings. The number of carbonyl (C=O) groups is 1. The summed E-state index contributed by atoms with van der Waals surface area (Å²) in [5, 5.41) is 9.56. The molecule has 4 heteroatoms. The second kappa shape index (κ2) is 5.13. The van der Waals surface area contributed by atoms with Crippen LogP contribution in [0.4, 0.5) is 5.69 Å². The average Bonchev–Trinajstić information content (AvgIpc) is 2.46. The second-order valence-corrected chi connectivity index (χ2v) is 5.32. The molecule has 0 aromatic heterocycles. The van der Waals surface area contributed by atoms with Crippen LogP contribution in [0.1, 0.15) is 18.1 Å². The molecule has 0 bridgehead atoms. The quantitative estimate of drug-likeness (QED) is 0.921. The summed E-state index contributed by atoms with van der Waals surface area (Å²) in [6.07, 6.45) is -0.551. The number of phenolic OH excluding ortho intramolecular Hbond substituents is 1. The minimum atomic E-state index is -0.551. The van der Waals surface area contributed by atoms with E-state index in [4.69, 9.17) is 4.74 Å². The maximum Gasteiger partial charge on any atom is 0.268 e. The Bertz CT molecular complexity index is 679. The second-order valence-electron chi connectivity index (χ2n) is 5.32. The first-order valence-electron chi connectivity index (χ1n) is 6.91. The predicted molar refractivity (Wildman–Crippen MR) is 80.6 cm³/mol. The first-order chi connectivity index (χ1) is 10.0. The molecule has 1 heterocycles. The van der Waals surface area contributed by atoms with E-state index in [1.807, 2.05) is 31.2 Å². The number of hydrogen-bond acceptors (Lipinski definition) is 3. The van der Waals surface area contributed by atoms with Crippen LogP contribution in [0.3, 0.4) is 0 Å². The van der Waals surface area contributed by atoms with Gasteiger partial charge in [-0.05, 0) is 31.5 Å². The molecule has 3 rings (SSSR count). The van der Waals surface area contributed by atoms with Crippen LogP contribution >= 0.6 is 0 Å². The molecule has 21 heavy (non-hydrogen) atoms. The van der Waals surface area contributed by atoms with E-state index >= 15 is 0 Å². The van der Waals surface area contributed by atoms with Crippen LogP contribution in [0.25, 0.3) is 0 Å². The lowest BCUT2D eigenvalue weighted by Crippen LogP contribution is -2.43. The number of aromatic hydroxyl groups is 1. The lowest BCUT2D eigenvalue weighted by molar-refractivity contribution is -0.125. The number of ether oxygens (including phenoxy) is 1. The zero-order chi connectivity index (χ0) is 15.0. The van der Waals surface area contributed by atoms with Gasteiger partial charge in [0.2, 0.25) is 0 Å². The molecular weight excluding hydrogens is 266 g/mol. The fourth-order valence-electron chi connectivity index (χ4n) is 2.44. The van der Waals surface area contributed by atoms with E-state index in [9.17, 15) is 9.90 Å². The van der Waals surface area contributed by atoms with Crippen molar-refractivity contribution in [2.24, 2.45) is 0 Å². The van der Waals surface area contributed by atoms with Crippen LogP contribution in [0, 0.1) is 6.92 Å². The van der Waals surface area contributed by atoms with Crippen molar-refractivity contribution in [1.82, 2.24) is 0 Å². The van der Waals surface area contributed by atoms with Crippen molar-refractivity contribution in [2.45, 2.75) is 26.5 Å². The third kappa shape index (κ3) is 2.57. The number of benzene rings is 2. The van der Waals surface area contributed by atoms with E-state index in [1.165, 1.54) is 5.56 Å². The van der Waals surface area contributed by atoms with Crippen molar-refractivity contribution >= 4 is 11.6 Å². The van der Waals surface area contributed by atoms with E-state index in [0.717, 1.165) is 5.56 Å². The molecule has 0 radical (unpaired) electrons. The molecule has 0 aliphatic carbocycles. The number of amides is 1. The van der Waals surface area contributed by atoms with Gasteiger partial charge in [-0.3, -0.25) is 4.79 Å². The number of anilines is 1. The molecule has 4 nitrogen and oxygen atoms in total. The zero-order valence-corrected chi connectivity index (χ0v) is 12.0. The van der Waals surface area contributed by atoms with Crippen LogP contribution in [0.15, 0.2) is 42.5 Å². The fourth-order valence-corrected chi connectivity index (χ4v) is 2.44. The third-order valence-electron chi connectivity index (χ3n) is 3.61. The Morgan fingerprint density at radius 2 is 1.90 bits per heavy atom. The van der Waals surface area contributed by atoms with Crippen LogP contribution in [0.2, 0.25) is 0 Å². The van der Waals surface area contributed by atoms with Gasteiger partial charge in [-0.1, -0.05) is 29.8 Å². The highest BCUT2D eigenvalue weighted by molar-refractivity contribution is 5.99. The van der Waals surface area contributed by atoms with E-state index in [0.29, 0.717) is 18.0 Å². The summed E-state index contributed by atoms with van der Waals surface area (Å²) >= 11 is 0. The lowest BCUT2D eigenvalue weighted by Gasteiger charge is -2.33. The van der Waals surface area contributed by atoms with Crippen molar-refractivity contribution in [3.63, 3.8) is 0 Å². The SMILES string of the molecule is Cc1ccc(CN2C(=O)C(C)Oc3cc(O)ccc32)cc1. The molecule has 1 aliphatic heterocycles. The summed E-state index contributed by atoms with van der Waals surface area (Å²) in [4.78, 5) is 14.1. The predicted octanol–water partition coefficient (Wildman–Crippen LogP) is 3.01. The minimum absolute atomic E-state index is 0.0752. The van der Waals surface area contributed by atoms with Crippen LogP contribution in [0.5, 0.6) is 11.5 Å². The van der Waals surface area contributed by atoms with E-state index in [2.05, 4.69) is 0 Å². The molecule has 1 N–H and O–H groups in total. The van der Waals surface area contributed by atoms with Gasteiger partial charge in [0.15, 0.2) is 6.10 Å². The number of hydrogen-bond donors (Lipinski definition) is 1. The Hall–Kier alpha value is -2.49. The largest absolute Gasteiger partial charge is 0.508 e. The summed E-state index contributed by atoms with van der Waals surface area (Å²) < 4.78 is 5.56. The minimum Gasteiger partial charge on any atom is -0.508 e. The Morgan fingerprint density at radius 1 is 1.19 bits per heavy atom. The maximum atomic E-state index is 12.4. The van der Waals surface area contributed by atoms with Gasteiger partial charge in [0.1, 0.15) is 11.5 Å². The zero-order valence-electron chi connectivity index (χ0n) is 12.0. The van der Waals surface area contributed by atoms with Crippen molar-refractivity contribution in [2.75, 3.05) is 4.90 Å². The van der Waals surface area contributed by atoms with Gasteiger partial charge in [0, 0.05) is 6.07 Å². The summed E-state index contributed by atoms with van der Waals surface area (Å²) in [5.74, 6) is 0.591. The highest BCUT2D eigenvalue weighted by Gasteiger charge is 2.31. The third-order valence-corrected chi connectivity index (χ3v) is 3.61. The number of phenols is 1. The molecule has 2 aromatic carbocycles. The highest BCUT2D eigenvalue weighted by atomic mass is 16.5. The fraction of sp³-hybridized carbons (Fsp3) is 0.235. The molecule has 1 aliphatic rings. The lowest BCUT2D eigenvalue weighted by atomic mass is 10.1. The van der Waals surface area contributed by atoms with Gasteiger partial charge in [-0.15, -0.1) is 0 Å². The number of carbonyl (C=O) groups excluding carboxylic acids is 1. The average molecular weight is 283 g/mol. The summed E-state index contributed by atoms with van der Waals surface area (Å²) in [5.41, 5.74) is 2.93. The normalized spacial score (nSPS) is 17.3. The van der Waals surface area contributed by atoms with Gasteiger partial charge in [-0.25, -0.2) is 0 Å². The molecule has 1 atom stereocenters. The maximum absolute atomic E-state index is 12.4. The Morgan fingerprint density at radius 3 is 2.62 bits per heavy atom. The van der Waals surface area contributed by atoms with Gasteiger partial charge >= 0.3 is 0 Å². The molecule has 0 saturated heterocycles. The first kappa shape index (κ1) is 13.5. The van der Waals surface area contributed by atoms with Crippen LogP contribution in [-0.4, -0.2) is 17.1 Å². The van der Waals surface area contributed by atoms with Crippen molar-refractivity contribution in [3.8, 4) is 11.5 Å². The molecule has 108 valence electrons. The molecule has 2 aromatic rings. The van der Waals surface area contributed by atoms with E-state index in [1.54, 1.807) is 30.0 Å². The molecule has 0 saturated carbocycles. The van der Waals surface area contributed by atoms with Gasteiger partial charge in [0.05, 0.1) is 12.2 Å². The van der Waals surface area contributed by atoms with E-state index in [-0.39, 0.29) is 11.7 Å².